The fraction of sp³-hybridized carbons (Fsp3) is 0.625. The van der Waals surface area contributed by atoms with Crippen LogP contribution in [0.2, 0.25) is 0 Å². The van der Waals surface area contributed by atoms with E-state index in [1.54, 1.807) is 6.08 Å². The molecule has 0 aromatic rings. The normalized spacial score (nSPS) is 31.4. The van der Waals surface area contributed by atoms with Crippen molar-refractivity contribution in [2.45, 2.75) is 19.4 Å². The minimum atomic E-state index is -0.885. The van der Waals surface area contributed by atoms with Gasteiger partial charge in [-0.2, -0.15) is 0 Å². The summed E-state index contributed by atoms with van der Waals surface area (Å²) in [4.78, 5) is 10.1. The lowest BCUT2D eigenvalue weighted by Gasteiger charge is -2.06. The van der Waals surface area contributed by atoms with E-state index in [9.17, 15) is 4.79 Å². The molecule has 0 aromatic heterocycles. The number of hydrogen-bond donors (Lipinski definition) is 1. The summed E-state index contributed by atoms with van der Waals surface area (Å²) in [5.74, 6) is -0.602. The molecule has 2 atom stereocenters. The standard InChI is InChI=1S/C8H12O3/c1-6-7(4-5-11-6)2-3-8(9)10/h2-3,6-7H,4-5H2,1H3,(H,9,10)/b3-2+. The summed E-state index contributed by atoms with van der Waals surface area (Å²) in [6.45, 7) is 2.71. The van der Waals surface area contributed by atoms with Crippen molar-refractivity contribution in [2.75, 3.05) is 6.61 Å². The van der Waals surface area contributed by atoms with Crippen molar-refractivity contribution in [1.29, 1.82) is 0 Å². The summed E-state index contributed by atoms with van der Waals surface area (Å²) in [6, 6.07) is 0. The van der Waals surface area contributed by atoms with Crippen LogP contribution in [0.5, 0.6) is 0 Å². The van der Waals surface area contributed by atoms with Gasteiger partial charge in [0.15, 0.2) is 0 Å². The highest BCUT2D eigenvalue weighted by molar-refractivity contribution is 5.79. The molecule has 1 rings (SSSR count). The number of aliphatic carboxylic acids is 1. The Morgan fingerprint density at radius 2 is 2.45 bits per heavy atom. The van der Waals surface area contributed by atoms with Gasteiger partial charge in [0.2, 0.25) is 0 Å². The molecule has 11 heavy (non-hydrogen) atoms. The summed E-state index contributed by atoms with van der Waals surface area (Å²) in [5, 5.41) is 8.33. The van der Waals surface area contributed by atoms with Gasteiger partial charge in [-0.1, -0.05) is 6.08 Å². The maximum atomic E-state index is 10.1. The molecule has 1 aliphatic heterocycles. The second-order valence-electron chi connectivity index (χ2n) is 2.73. The second-order valence-corrected chi connectivity index (χ2v) is 2.73. The summed E-state index contributed by atoms with van der Waals surface area (Å²) in [6.07, 6.45) is 4.01. The number of hydrogen-bond acceptors (Lipinski definition) is 2. The van der Waals surface area contributed by atoms with Gasteiger partial charge in [-0.3, -0.25) is 0 Å². The topological polar surface area (TPSA) is 46.5 Å². The Hall–Kier alpha value is -0.830. The molecular weight excluding hydrogens is 144 g/mol. The zero-order valence-corrected chi connectivity index (χ0v) is 6.49. The van der Waals surface area contributed by atoms with Gasteiger partial charge in [0.05, 0.1) is 6.10 Å². The molecule has 0 amide bonds. The van der Waals surface area contributed by atoms with E-state index < -0.39 is 5.97 Å². The van der Waals surface area contributed by atoms with E-state index in [2.05, 4.69) is 0 Å². The Bertz CT molecular complexity index is 174. The van der Waals surface area contributed by atoms with Crippen LogP contribution >= 0.6 is 0 Å². The quantitative estimate of drug-likeness (QED) is 0.608. The van der Waals surface area contributed by atoms with E-state index in [1.165, 1.54) is 6.08 Å². The molecule has 0 aliphatic carbocycles. The van der Waals surface area contributed by atoms with E-state index in [0.29, 0.717) is 0 Å². The smallest absolute Gasteiger partial charge is 0.327 e. The largest absolute Gasteiger partial charge is 0.478 e. The van der Waals surface area contributed by atoms with Gasteiger partial charge in [0.1, 0.15) is 0 Å². The molecule has 62 valence electrons. The van der Waals surface area contributed by atoms with Crippen LogP contribution in [0.15, 0.2) is 12.2 Å². The molecule has 1 heterocycles. The highest BCUT2D eigenvalue weighted by Gasteiger charge is 2.21. The van der Waals surface area contributed by atoms with Gasteiger partial charge in [-0.15, -0.1) is 0 Å². The lowest BCUT2D eigenvalue weighted by Crippen LogP contribution is -2.08. The zero-order chi connectivity index (χ0) is 8.27. The van der Waals surface area contributed by atoms with Crippen LogP contribution in [0.25, 0.3) is 0 Å². The van der Waals surface area contributed by atoms with E-state index in [0.717, 1.165) is 13.0 Å². The van der Waals surface area contributed by atoms with Gasteiger partial charge >= 0.3 is 5.97 Å². The van der Waals surface area contributed by atoms with Crippen molar-refractivity contribution in [2.24, 2.45) is 5.92 Å². The number of rotatable bonds is 2. The van der Waals surface area contributed by atoms with Crippen LogP contribution in [0.1, 0.15) is 13.3 Å². The van der Waals surface area contributed by atoms with Gasteiger partial charge in [0, 0.05) is 18.6 Å². The molecule has 2 unspecified atom stereocenters. The molecule has 1 saturated heterocycles. The van der Waals surface area contributed by atoms with Crippen molar-refractivity contribution >= 4 is 5.97 Å². The number of ether oxygens (including phenoxy) is 1. The minimum absolute atomic E-state index is 0.172. The molecule has 3 nitrogen and oxygen atoms in total. The third-order valence-electron chi connectivity index (χ3n) is 1.92. The fourth-order valence-corrected chi connectivity index (χ4v) is 1.21. The van der Waals surface area contributed by atoms with Gasteiger partial charge in [-0.25, -0.2) is 4.79 Å². The summed E-state index contributed by atoms with van der Waals surface area (Å²) >= 11 is 0. The lowest BCUT2D eigenvalue weighted by molar-refractivity contribution is -0.131. The van der Waals surface area contributed by atoms with E-state index in [-0.39, 0.29) is 12.0 Å². The molecule has 0 aromatic carbocycles. The highest BCUT2D eigenvalue weighted by Crippen LogP contribution is 2.21. The third-order valence-corrected chi connectivity index (χ3v) is 1.92. The average Bonchev–Trinajstić information content (AvgIpc) is 2.31. The summed E-state index contributed by atoms with van der Waals surface area (Å²) < 4.78 is 5.25. The van der Waals surface area contributed by atoms with Crippen molar-refractivity contribution in [3.05, 3.63) is 12.2 Å². The Morgan fingerprint density at radius 1 is 1.73 bits per heavy atom. The van der Waals surface area contributed by atoms with Crippen LogP contribution < -0.4 is 0 Å². The van der Waals surface area contributed by atoms with E-state index in [4.69, 9.17) is 9.84 Å². The maximum absolute atomic E-state index is 10.1. The van der Waals surface area contributed by atoms with Crippen molar-refractivity contribution in [1.82, 2.24) is 0 Å². The first kappa shape index (κ1) is 8.27. The molecule has 0 saturated carbocycles. The van der Waals surface area contributed by atoms with Gasteiger partial charge in [-0.05, 0) is 13.3 Å². The third kappa shape index (κ3) is 2.35. The molecule has 1 fully saturated rings. The predicted octanol–water partition coefficient (Wildman–Crippen LogP) is 1.05. The second kappa shape index (κ2) is 3.53. The fourth-order valence-electron chi connectivity index (χ4n) is 1.21. The maximum Gasteiger partial charge on any atom is 0.327 e. The van der Waals surface area contributed by atoms with Crippen molar-refractivity contribution < 1.29 is 14.6 Å². The first-order valence-corrected chi connectivity index (χ1v) is 3.73. The predicted molar refractivity (Wildman–Crippen MR) is 40.3 cm³/mol. The number of carboxylic acid groups (broad SMARTS) is 1. The van der Waals surface area contributed by atoms with Crippen LogP contribution in [-0.2, 0) is 9.53 Å². The Balaban J connectivity index is 2.42. The zero-order valence-electron chi connectivity index (χ0n) is 6.49. The van der Waals surface area contributed by atoms with Gasteiger partial charge in [0.25, 0.3) is 0 Å². The molecule has 0 bridgehead atoms. The summed E-state index contributed by atoms with van der Waals surface area (Å²) in [7, 11) is 0. The number of carboxylic acids is 1. The van der Waals surface area contributed by atoms with E-state index >= 15 is 0 Å². The Labute approximate surface area is 65.7 Å². The lowest BCUT2D eigenvalue weighted by atomic mass is 10.0. The first-order valence-electron chi connectivity index (χ1n) is 3.73. The van der Waals surface area contributed by atoms with Gasteiger partial charge < -0.3 is 9.84 Å². The molecular formula is C8H12O3. The Kier molecular flexibility index (Phi) is 2.65. The van der Waals surface area contributed by atoms with Crippen molar-refractivity contribution in [3.8, 4) is 0 Å². The summed E-state index contributed by atoms with van der Waals surface area (Å²) in [5.41, 5.74) is 0. The molecule has 1 aliphatic rings. The first-order chi connectivity index (χ1) is 5.20. The molecule has 3 heteroatoms. The van der Waals surface area contributed by atoms with E-state index in [1.807, 2.05) is 6.92 Å². The monoisotopic (exact) mass is 156 g/mol. The van der Waals surface area contributed by atoms with Crippen molar-refractivity contribution in [3.63, 3.8) is 0 Å². The molecule has 0 radical (unpaired) electrons. The van der Waals surface area contributed by atoms with Crippen LogP contribution in [0.4, 0.5) is 0 Å². The van der Waals surface area contributed by atoms with Crippen LogP contribution in [-0.4, -0.2) is 23.8 Å². The molecule has 0 spiro atoms. The average molecular weight is 156 g/mol. The highest BCUT2D eigenvalue weighted by atomic mass is 16.5. The molecule has 1 N–H and O–H groups in total. The Morgan fingerprint density at radius 3 is 2.91 bits per heavy atom. The SMILES string of the molecule is CC1OCCC1/C=C/C(=O)O. The van der Waals surface area contributed by atoms with Crippen LogP contribution in [0.3, 0.4) is 0 Å². The van der Waals surface area contributed by atoms with Crippen LogP contribution in [0, 0.1) is 5.92 Å². The number of carbonyl (C=O) groups is 1. The minimum Gasteiger partial charge on any atom is -0.478 e.